The first-order chi connectivity index (χ1) is 10.3. The Morgan fingerprint density at radius 2 is 2.33 bits per heavy atom. The molecular formula is C16H25N3OS. The molecule has 116 valence electrons. The molecular weight excluding hydrogens is 282 g/mol. The zero-order valence-electron chi connectivity index (χ0n) is 12.6. The van der Waals surface area contributed by atoms with Crippen molar-refractivity contribution in [3.63, 3.8) is 0 Å². The van der Waals surface area contributed by atoms with Crippen LogP contribution < -0.4 is 10.6 Å². The molecule has 1 fully saturated rings. The maximum Gasteiger partial charge on any atom is 0.191 e. The van der Waals surface area contributed by atoms with Gasteiger partial charge in [-0.3, -0.25) is 4.99 Å². The Labute approximate surface area is 131 Å². The van der Waals surface area contributed by atoms with Gasteiger partial charge in [0.05, 0.1) is 6.54 Å². The predicted octanol–water partition coefficient (Wildman–Crippen LogP) is 2.39. The van der Waals surface area contributed by atoms with Crippen molar-refractivity contribution in [3.8, 4) is 5.75 Å². The third-order valence-electron chi connectivity index (χ3n) is 3.44. The first-order valence-electron chi connectivity index (χ1n) is 7.69. The van der Waals surface area contributed by atoms with Crippen LogP contribution >= 0.6 is 11.8 Å². The second kappa shape index (κ2) is 8.82. The van der Waals surface area contributed by atoms with Gasteiger partial charge in [-0.25, -0.2) is 0 Å². The Balaban J connectivity index is 1.77. The zero-order chi connectivity index (χ0) is 14.9. The van der Waals surface area contributed by atoms with Crippen molar-refractivity contribution in [1.82, 2.24) is 10.6 Å². The lowest BCUT2D eigenvalue weighted by Crippen LogP contribution is -2.38. The number of aromatic hydroxyl groups is 1. The summed E-state index contributed by atoms with van der Waals surface area (Å²) in [6, 6.07) is 7.41. The summed E-state index contributed by atoms with van der Waals surface area (Å²) in [4.78, 5) is 4.67. The third kappa shape index (κ3) is 5.87. The van der Waals surface area contributed by atoms with Gasteiger partial charge in [0, 0.05) is 18.3 Å². The maximum atomic E-state index is 9.45. The Morgan fingerprint density at radius 1 is 1.43 bits per heavy atom. The maximum absolute atomic E-state index is 9.45. The highest BCUT2D eigenvalue weighted by molar-refractivity contribution is 8.00. The van der Waals surface area contributed by atoms with E-state index < -0.39 is 0 Å². The molecule has 4 nitrogen and oxygen atoms in total. The number of phenols is 1. The molecule has 1 aromatic rings. The van der Waals surface area contributed by atoms with Crippen LogP contribution in [0.3, 0.4) is 0 Å². The lowest BCUT2D eigenvalue weighted by atomic mass is 10.1. The van der Waals surface area contributed by atoms with Crippen molar-refractivity contribution in [2.45, 2.75) is 31.4 Å². The van der Waals surface area contributed by atoms with Crippen molar-refractivity contribution in [3.05, 3.63) is 29.8 Å². The minimum absolute atomic E-state index is 0.325. The molecule has 5 heteroatoms. The molecule has 1 saturated heterocycles. The lowest BCUT2D eigenvalue weighted by Gasteiger charge is -2.12. The molecule has 1 aromatic carbocycles. The van der Waals surface area contributed by atoms with Crippen LogP contribution in [0.1, 0.15) is 25.3 Å². The Kier molecular flexibility index (Phi) is 6.73. The minimum Gasteiger partial charge on any atom is -0.508 e. The number of hydrogen-bond acceptors (Lipinski definition) is 3. The van der Waals surface area contributed by atoms with Gasteiger partial charge in [0.2, 0.25) is 0 Å². The Hall–Kier alpha value is -1.36. The Bertz CT molecular complexity index is 459. The standard InChI is InChI=1S/C16H25N3OS/c1-2-17-16(19-12-15-7-4-10-21-15)18-9-8-13-5-3-6-14(20)11-13/h3,5-6,11,15,20H,2,4,7-10,12H2,1H3,(H2,17,18,19). The molecule has 0 radical (unpaired) electrons. The summed E-state index contributed by atoms with van der Waals surface area (Å²) in [6.45, 7) is 4.66. The molecule has 3 N–H and O–H groups in total. The fourth-order valence-corrected chi connectivity index (χ4v) is 3.54. The second-order valence-corrected chi connectivity index (χ2v) is 6.61. The smallest absolute Gasteiger partial charge is 0.191 e. The van der Waals surface area contributed by atoms with Gasteiger partial charge in [0.1, 0.15) is 5.75 Å². The van der Waals surface area contributed by atoms with Gasteiger partial charge in [-0.05, 0) is 49.6 Å². The number of phenolic OH excluding ortho intramolecular Hbond substituents is 1. The first kappa shape index (κ1) is 16.0. The number of thioether (sulfide) groups is 1. The van der Waals surface area contributed by atoms with Crippen LogP contribution in [-0.4, -0.2) is 41.7 Å². The average molecular weight is 307 g/mol. The van der Waals surface area contributed by atoms with E-state index in [4.69, 9.17) is 0 Å². The molecule has 0 amide bonds. The molecule has 0 spiro atoms. The van der Waals surface area contributed by atoms with Crippen LogP contribution in [0.25, 0.3) is 0 Å². The topological polar surface area (TPSA) is 56.7 Å². The van der Waals surface area contributed by atoms with Crippen LogP contribution in [-0.2, 0) is 6.42 Å². The van der Waals surface area contributed by atoms with Crippen LogP contribution in [0, 0.1) is 0 Å². The molecule has 0 aliphatic carbocycles. The molecule has 1 heterocycles. The molecule has 21 heavy (non-hydrogen) atoms. The van der Waals surface area contributed by atoms with Gasteiger partial charge in [-0.1, -0.05) is 12.1 Å². The quantitative estimate of drug-likeness (QED) is 0.558. The molecule has 1 aliphatic heterocycles. The van der Waals surface area contributed by atoms with E-state index in [1.165, 1.54) is 18.6 Å². The summed E-state index contributed by atoms with van der Waals surface area (Å²) in [5, 5.41) is 16.8. The van der Waals surface area contributed by atoms with E-state index in [1.807, 2.05) is 23.9 Å². The molecule has 2 rings (SSSR count). The largest absolute Gasteiger partial charge is 0.508 e. The second-order valence-electron chi connectivity index (χ2n) is 5.20. The van der Waals surface area contributed by atoms with Crippen molar-refractivity contribution in [2.75, 3.05) is 25.4 Å². The molecule has 1 atom stereocenters. The Morgan fingerprint density at radius 3 is 3.05 bits per heavy atom. The molecule has 0 bridgehead atoms. The molecule has 0 saturated carbocycles. The molecule has 1 unspecified atom stereocenters. The monoisotopic (exact) mass is 307 g/mol. The highest BCUT2D eigenvalue weighted by Crippen LogP contribution is 2.25. The lowest BCUT2D eigenvalue weighted by molar-refractivity contribution is 0.474. The average Bonchev–Trinajstić information content (AvgIpc) is 2.98. The normalized spacial score (nSPS) is 18.7. The predicted molar refractivity (Wildman–Crippen MR) is 91.3 cm³/mol. The summed E-state index contributed by atoms with van der Waals surface area (Å²) < 4.78 is 0. The first-order valence-corrected chi connectivity index (χ1v) is 8.74. The fourth-order valence-electron chi connectivity index (χ4n) is 2.36. The summed E-state index contributed by atoms with van der Waals surface area (Å²) in [6.07, 6.45) is 3.49. The highest BCUT2D eigenvalue weighted by atomic mass is 32.2. The number of benzene rings is 1. The fraction of sp³-hybridized carbons (Fsp3) is 0.562. The van der Waals surface area contributed by atoms with Gasteiger partial charge in [0.25, 0.3) is 0 Å². The van der Waals surface area contributed by atoms with Gasteiger partial charge in [-0.2, -0.15) is 11.8 Å². The van der Waals surface area contributed by atoms with Gasteiger partial charge < -0.3 is 15.7 Å². The van der Waals surface area contributed by atoms with Crippen molar-refractivity contribution in [1.29, 1.82) is 0 Å². The number of nitrogens with zero attached hydrogens (tertiary/aromatic N) is 1. The number of guanidine groups is 1. The third-order valence-corrected chi connectivity index (χ3v) is 4.82. The van der Waals surface area contributed by atoms with Crippen molar-refractivity contribution in [2.24, 2.45) is 4.99 Å². The summed E-state index contributed by atoms with van der Waals surface area (Å²) in [5.41, 5.74) is 1.13. The van der Waals surface area contributed by atoms with E-state index >= 15 is 0 Å². The van der Waals surface area contributed by atoms with Gasteiger partial charge in [-0.15, -0.1) is 0 Å². The SMILES string of the molecule is CCNC(=NCC1CCCS1)NCCc1cccc(O)c1. The van der Waals surface area contributed by atoms with Gasteiger partial charge in [0.15, 0.2) is 5.96 Å². The summed E-state index contributed by atoms with van der Waals surface area (Å²) in [5.74, 6) is 2.50. The summed E-state index contributed by atoms with van der Waals surface area (Å²) in [7, 11) is 0. The zero-order valence-corrected chi connectivity index (χ0v) is 13.5. The number of hydrogen-bond donors (Lipinski definition) is 3. The minimum atomic E-state index is 0.325. The van der Waals surface area contributed by atoms with E-state index in [1.54, 1.807) is 12.1 Å². The number of nitrogens with one attached hydrogen (secondary N) is 2. The van der Waals surface area contributed by atoms with Crippen LogP contribution in [0.5, 0.6) is 5.75 Å². The van der Waals surface area contributed by atoms with E-state index in [0.29, 0.717) is 11.0 Å². The van der Waals surface area contributed by atoms with Crippen LogP contribution in [0.4, 0.5) is 0 Å². The molecule has 0 aromatic heterocycles. The van der Waals surface area contributed by atoms with Crippen LogP contribution in [0.2, 0.25) is 0 Å². The van der Waals surface area contributed by atoms with E-state index in [9.17, 15) is 5.11 Å². The number of aliphatic imine (C=N–C) groups is 1. The molecule has 1 aliphatic rings. The van der Waals surface area contributed by atoms with E-state index in [-0.39, 0.29) is 0 Å². The van der Waals surface area contributed by atoms with Crippen molar-refractivity contribution >= 4 is 17.7 Å². The van der Waals surface area contributed by atoms with E-state index in [0.717, 1.165) is 37.6 Å². The van der Waals surface area contributed by atoms with Crippen molar-refractivity contribution < 1.29 is 5.11 Å². The van der Waals surface area contributed by atoms with Crippen LogP contribution in [0.15, 0.2) is 29.3 Å². The summed E-state index contributed by atoms with van der Waals surface area (Å²) >= 11 is 2.03. The highest BCUT2D eigenvalue weighted by Gasteiger charge is 2.14. The van der Waals surface area contributed by atoms with E-state index in [2.05, 4.69) is 22.5 Å². The van der Waals surface area contributed by atoms with Gasteiger partial charge >= 0.3 is 0 Å². The number of rotatable bonds is 6.